The lowest BCUT2D eigenvalue weighted by atomic mass is 10.1. The standard InChI is InChI=1S/C24H29N3O6/c1-32-20-10-8-17(13-21(20)33-2)14-27-23(30)19(26-24(27)31)9-11-22(29)25-18(15-28)12-16-6-4-3-5-7-16/h3-8,10,13,18-19,28H,9,11-12,14-15H2,1-2H3,(H,25,29)(H,26,31)/t18-,19-/m0/s1. The van der Waals surface area contributed by atoms with E-state index in [1.807, 2.05) is 30.3 Å². The minimum atomic E-state index is -0.773. The lowest BCUT2D eigenvalue weighted by Crippen LogP contribution is -2.40. The molecule has 0 aromatic heterocycles. The predicted molar refractivity (Wildman–Crippen MR) is 121 cm³/mol. The van der Waals surface area contributed by atoms with Crippen molar-refractivity contribution in [1.29, 1.82) is 0 Å². The Bertz CT molecular complexity index is 981. The number of nitrogens with one attached hydrogen (secondary N) is 2. The number of methoxy groups -OCH3 is 2. The maximum Gasteiger partial charge on any atom is 0.325 e. The third kappa shape index (κ3) is 6.23. The highest BCUT2D eigenvalue weighted by atomic mass is 16.5. The first kappa shape index (κ1) is 24.1. The number of rotatable bonds is 11. The molecule has 0 bridgehead atoms. The average molecular weight is 456 g/mol. The largest absolute Gasteiger partial charge is 0.493 e. The lowest BCUT2D eigenvalue weighted by molar-refractivity contribution is -0.128. The molecule has 2 atom stereocenters. The molecule has 0 radical (unpaired) electrons. The molecular weight excluding hydrogens is 426 g/mol. The van der Waals surface area contributed by atoms with Gasteiger partial charge >= 0.3 is 6.03 Å². The predicted octanol–water partition coefficient (Wildman–Crippen LogP) is 1.62. The van der Waals surface area contributed by atoms with Gasteiger partial charge in [-0.05, 0) is 36.1 Å². The van der Waals surface area contributed by atoms with Crippen molar-refractivity contribution in [3.63, 3.8) is 0 Å². The fraction of sp³-hybridized carbons (Fsp3) is 0.375. The topological polar surface area (TPSA) is 117 Å². The van der Waals surface area contributed by atoms with Crippen LogP contribution in [0.5, 0.6) is 11.5 Å². The number of benzene rings is 2. The molecule has 176 valence electrons. The van der Waals surface area contributed by atoms with Crippen LogP contribution < -0.4 is 20.1 Å². The lowest BCUT2D eigenvalue weighted by Gasteiger charge is -2.17. The molecule has 33 heavy (non-hydrogen) atoms. The van der Waals surface area contributed by atoms with Crippen LogP contribution in [0.4, 0.5) is 4.79 Å². The van der Waals surface area contributed by atoms with Gasteiger partial charge in [-0.15, -0.1) is 0 Å². The summed E-state index contributed by atoms with van der Waals surface area (Å²) in [5.74, 6) is 0.385. The second-order valence-corrected chi connectivity index (χ2v) is 7.79. The number of hydrogen-bond donors (Lipinski definition) is 3. The van der Waals surface area contributed by atoms with E-state index in [1.165, 1.54) is 14.2 Å². The Morgan fingerprint density at radius 2 is 1.82 bits per heavy atom. The number of carbonyl (C=O) groups excluding carboxylic acids is 3. The van der Waals surface area contributed by atoms with Gasteiger partial charge < -0.3 is 25.2 Å². The van der Waals surface area contributed by atoms with Gasteiger partial charge in [0.2, 0.25) is 5.91 Å². The second kappa shape index (κ2) is 11.3. The Morgan fingerprint density at radius 3 is 2.48 bits per heavy atom. The summed E-state index contributed by atoms with van der Waals surface area (Å²) in [6.07, 6.45) is 0.718. The van der Waals surface area contributed by atoms with Crippen molar-refractivity contribution in [2.75, 3.05) is 20.8 Å². The molecule has 4 amide bonds. The molecule has 0 unspecified atom stereocenters. The first-order chi connectivity index (χ1) is 15.9. The van der Waals surface area contributed by atoms with Crippen LogP contribution in [0, 0.1) is 0 Å². The molecule has 2 aromatic rings. The third-order valence-electron chi connectivity index (χ3n) is 5.47. The van der Waals surface area contributed by atoms with E-state index in [9.17, 15) is 19.5 Å². The summed E-state index contributed by atoms with van der Waals surface area (Å²) in [6, 6.07) is 13.0. The number of imide groups is 1. The number of hydrogen-bond acceptors (Lipinski definition) is 6. The van der Waals surface area contributed by atoms with Gasteiger partial charge in [-0.25, -0.2) is 4.79 Å². The van der Waals surface area contributed by atoms with E-state index in [1.54, 1.807) is 18.2 Å². The minimum absolute atomic E-state index is 0.0478. The van der Waals surface area contributed by atoms with Crippen molar-refractivity contribution in [3.05, 3.63) is 59.7 Å². The van der Waals surface area contributed by atoms with Gasteiger partial charge in [-0.3, -0.25) is 14.5 Å². The highest BCUT2D eigenvalue weighted by Crippen LogP contribution is 2.28. The van der Waals surface area contributed by atoms with Gasteiger partial charge in [-0.2, -0.15) is 0 Å². The summed E-state index contributed by atoms with van der Waals surface area (Å²) in [6.45, 7) is -0.115. The normalized spacial score (nSPS) is 16.3. The van der Waals surface area contributed by atoms with E-state index in [0.29, 0.717) is 23.5 Å². The molecule has 1 aliphatic rings. The Kier molecular flexibility index (Phi) is 8.26. The summed E-state index contributed by atoms with van der Waals surface area (Å²) in [4.78, 5) is 38.6. The van der Waals surface area contributed by atoms with Crippen molar-refractivity contribution in [2.45, 2.75) is 37.9 Å². The maximum atomic E-state index is 12.7. The fourth-order valence-corrected chi connectivity index (χ4v) is 3.72. The molecule has 9 heteroatoms. The molecule has 3 rings (SSSR count). The molecule has 0 saturated carbocycles. The third-order valence-corrected chi connectivity index (χ3v) is 5.47. The Labute approximate surface area is 192 Å². The van der Waals surface area contributed by atoms with Gasteiger partial charge in [0.25, 0.3) is 5.91 Å². The van der Waals surface area contributed by atoms with Crippen molar-refractivity contribution in [3.8, 4) is 11.5 Å². The smallest absolute Gasteiger partial charge is 0.325 e. The van der Waals surface area contributed by atoms with Crippen molar-refractivity contribution in [1.82, 2.24) is 15.5 Å². The van der Waals surface area contributed by atoms with Gasteiger partial charge in [-0.1, -0.05) is 36.4 Å². The zero-order chi connectivity index (χ0) is 23.8. The van der Waals surface area contributed by atoms with Crippen LogP contribution in [0.25, 0.3) is 0 Å². The van der Waals surface area contributed by atoms with Gasteiger partial charge in [0.05, 0.1) is 33.4 Å². The first-order valence-electron chi connectivity index (χ1n) is 10.7. The second-order valence-electron chi connectivity index (χ2n) is 7.79. The number of amides is 4. The van der Waals surface area contributed by atoms with Crippen LogP contribution in [0.2, 0.25) is 0 Å². The average Bonchev–Trinajstić information content (AvgIpc) is 3.10. The summed E-state index contributed by atoms with van der Waals surface area (Å²) in [5.41, 5.74) is 1.71. The molecule has 1 fully saturated rings. The van der Waals surface area contributed by atoms with Crippen LogP contribution in [0.15, 0.2) is 48.5 Å². The van der Waals surface area contributed by atoms with Crippen LogP contribution in [0.1, 0.15) is 24.0 Å². The Balaban J connectivity index is 1.52. The van der Waals surface area contributed by atoms with E-state index in [-0.39, 0.29) is 37.8 Å². The summed E-state index contributed by atoms with van der Waals surface area (Å²) >= 11 is 0. The van der Waals surface area contributed by atoms with Crippen LogP contribution in [0.3, 0.4) is 0 Å². The summed E-state index contributed by atoms with van der Waals surface area (Å²) < 4.78 is 10.5. The molecule has 3 N–H and O–H groups in total. The number of nitrogens with zero attached hydrogens (tertiary/aromatic N) is 1. The highest BCUT2D eigenvalue weighted by molar-refractivity contribution is 6.04. The SMILES string of the molecule is COc1ccc(CN2C(=O)N[C@@H](CCC(=O)N[C@H](CO)Cc3ccccc3)C2=O)cc1OC. The zero-order valence-electron chi connectivity index (χ0n) is 18.7. The molecule has 0 spiro atoms. The van der Waals surface area contributed by atoms with Gasteiger partial charge in [0, 0.05) is 6.42 Å². The monoisotopic (exact) mass is 455 g/mol. The van der Waals surface area contributed by atoms with E-state index in [2.05, 4.69) is 10.6 Å². The molecular formula is C24H29N3O6. The van der Waals surface area contributed by atoms with Crippen LogP contribution >= 0.6 is 0 Å². The van der Waals surface area contributed by atoms with E-state index >= 15 is 0 Å². The van der Waals surface area contributed by atoms with Crippen molar-refractivity contribution >= 4 is 17.8 Å². The number of carbonyl (C=O) groups is 3. The summed E-state index contributed by atoms with van der Waals surface area (Å²) in [7, 11) is 3.04. The zero-order valence-corrected chi connectivity index (χ0v) is 18.7. The van der Waals surface area contributed by atoms with Gasteiger partial charge in [0.1, 0.15) is 6.04 Å². The summed E-state index contributed by atoms with van der Waals surface area (Å²) in [5, 5.41) is 15.0. The molecule has 1 aliphatic heterocycles. The first-order valence-corrected chi connectivity index (χ1v) is 10.7. The Hall–Kier alpha value is -3.59. The van der Waals surface area contributed by atoms with Crippen LogP contribution in [-0.4, -0.2) is 60.8 Å². The Morgan fingerprint density at radius 1 is 1.09 bits per heavy atom. The molecule has 2 aromatic carbocycles. The molecule has 1 saturated heterocycles. The van der Waals surface area contributed by atoms with Crippen molar-refractivity contribution in [2.24, 2.45) is 0 Å². The van der Waals surface area contributed by atoms with Crippen molar-refractivity contribution < 1.29 is 29.0 Å². The minimum Gasteiger partial charge on any atom is -0.493 e. The molecule has 9 nitrogen and oxygen atoms in total. The van der Waals surface area contributed by atoms with E-state index in [4.69, 9.17) is 9.47 Å². The number of aliphatic hydroxyl groups is 1. The highest BCUT2D eigenvalue weighted by Gasteiger charge is 2.38. The fourth-order valence-electron chi connectivity index (χ4n) is 3.72. The number of urea groups is 1. The van der Waals surface area contributed by atoms with Gasteiger partial charge in [0.15, 0.2) is 11.5 Å². The van der Waals surface area contributed by atoms with E-state index in [0.717, 1.165) is 10.5 Å². The maximum absolute atomic E-state index is 12.7. The van der Waals surface area contributed by atoms with E-state index < -0.39 is 18.1 Å². The molecule has 1 heterocycles. The molecule has 0 aliphatic carbocycles. The van der Waals surface area contributed by atoms with Crippen LogP contribution in [-0.2, 0) is 22.6 Å². The number of ether oxygens (including phenoxy) is 2. The number of aliphatic hydroxyl groups excluding tert-OH is 1. The quantitative estimate of drug-likeness (QED) is 0.444.